The number of para-hydroxylation sites is 2. The highest BCUT2D eigenvalue weighted by molar-refractivity contribution is 7.92. The van der Waals surface area contributed by atoms with Gasteiger partial charge in [0.25, 0.3) is 10.0 Å². The van der Waals surface area contributed by atoms with Gasteiger partial charge in [0.1, 0.15) is 12.3 Å². The fourth-order valence-corrected chi connectivity index (χ4v) is 5.23. The summed E-state index contributed by atoms with van der Waals surface area (Å²) in [4.78, 5) is 13.1. The zero-order valence-corrected chi connectivity index (χ0v) is 19.9. The lowest BCUT2D eigenvalue weighted by Crippen LogP contribution is -2.40. The Morgan fingerprint density at radius 3 is 2.32 bits per heavy atom. The maximum atomic E-state index is 13.6. The molecule has 4 aromatic carbocycles. The molecule has 0 fully saturated rings. The number of aryl methyl sites for hydroxylation is 1. The molecule has 0 radical (unpaired) electrons. The zero-order chi connectivity index (χ0) is 24.1. The number of sulfonamides is 1. The maximum Gasteiger partial charge on any atom is 0.264 e. The Morgan fingerprint density at radius 2 is 1.56 bits per heavy atom. The van der Waals surface area contributed by atoms with Gasteiger partial charge in [-0.05, 0) is 47.5 Å². The number of ether oxygens (including phenoxy) is 1. The molecule has 0 unspecified atom stereocenters. The van der Waals surface area contributed by atoms with Gasteiger partial charge in [0.15, 0.2) is 0 Å². The molecule has 0 aromatic heterocycles. The zero-order valence-electron chi connectivity index (χ0n) is 19.1. The Hall–Kier alpha value is -3.84. The molecule has 1 N–H and O–H groups in total. The smallest absolute Gasteiger partial charge is 0.264 e. The number of anilines is 1. The predicted molar refractivity (Wildman–Crippen MR) is 134 cm³/mol. The van der Waals surface area contributed by atoms with Crippen molar-refractivity contribution in [2.24, 2.45) is 0 Å². The molecule has 0 heterocycles. The first-order valence-electron chi connectivity index (χ1n) is 10.9. The van der Waals surface area contributed by atoms with Gasteiger partial charge in [-0.15, -0.1) is 0 Å². The summed E-state index contributed by atoms with van der Waals surface area (Å²) in [5.41, 5.74) is 2.19. The van der Waals surface area contributed by atoms with E-state index in [1.165, 1.54) is 7.11 Å². The standard InChI is InChI=1S/C27H26N2O4S/c1-20-14-16-23(17-15-20)34(31,32)29(25-12-5-6-13-26(25)33-2)19-27(30)28-18-22-10-7-9-21-8-3-4-11-24(21)22/h3-17H,18-19H2,1-2H3,(H,28,30). The molecule has 0 spiro atoms. The molecule has 0 aliphatic heterocycles. The number of methoxy groups -OCH3 is 1. The van der Waals surface area contributed by atoms with Gasteiger partial charge in [-0.1, -0.05) is 72.3 Å². The van der Waals surface area contributed by atoms with Crippen LogP contribution < -0.4 is 14.4 Å². The number of carbonyl (C=O) groups excluding carboxylic acids is 1. The molecule has 34 heavy (non-hydrogen) atoms. The first-order chi connectivity index (χ1) is 16.4. The largest absolute Gasteiger partial charge is 0.495 e. The van der Waals surface area contributed by atoms with E-state index in [2.05, 4.69) is 5.32 Å². The van der Waals surface area contributed by atoms with Gasteiger partial charge in [0.2, 0.25) is 5.91 Å². The Kier molecular flexibility index (Phi) is 6.84. The van der Waals surface area contributed by atoms with Gasteiger partial charge in [-0.2, -0.15) is 0 Å². The summed E-state index contributed by atoms with van der Waals surface area (Å²) < 4.78 is 33.7. The first kappa shape index (κ1) is 23.3. The topological polar surface area (TPSA) is 75.7 Å². The Balaban J connectivity index is 1.63. The first-order valence-corrected chi connectivity index (χ1v) is 12.3. The summed E-state index contributed by atoms with van der Waals surface area (Å²) in [6.45, 7) is 1.78. The van der Waals surface area contributed by atoms with Crippen LogP contribution in [-0.2, 0) is 21.4 Å². The monoisotopic (exact) mass is 474 g/mol. The van der Waals surface area contributed by atoms with Crippen molar-refractivity contribution in [3.63, 3.8) is 0 Å². The molecule has 0 saturated heterocycles. The van der Waals surface area contributed by atoms with Gasteiger partial charge in [0.05, 0.1) is 17.7 Å². The lowest BCUT2D eigenvalue weighted by Gasteiger charge is -2.25. The summed E-state index contributed by atoms with van der Waals surface area (Å²) in [6, 6.07) is 27.1. The van der Waals surface area contributed by atoms with Crippen molar-refractivity contribution in [2.45, 2.75) is 18.4 Å². The summed E-state index contributed by atoms with van der Waals surface area (Å²) in [6.07, 6.45) is 0. The van der Waals surface area contributed by atoms with Crippen LogP contribution in [0, 0.1) is 6.92 Å². The number of carbonyl (C=O) groups is 1. The lowest BCUT2D eigenvalue weighted by molar-refractivity contribution is -0.119. The average Bonchev–Trinajstić information content (AvgIpc) is 2.86. The third-order valence-corrected chi connectivity index (χ3v) is 7.38. The van der Waals surface area contributed by atoms with E-state index in [0.29, 0.717) is 11.4 Å². The Labute approximate surface area is 199 Å². The molecule has 1 amide bonds. The van der Waals surface area contributed by atoms with Crippen molar-refractivity contribution in [2.75, 3.05) is 18.0 Å². The molecule has 4 aromatic rings. The van der Waals surface area contributed by atoms with Crippen molar-refractivity contribution in [3.8, 4) is 5.75 Å². The summed E-state index contributed by atoms with van der Waals surface area (Å²) >= 11 is 0. The van der Waals surface area contributed by atoms with Crippen molar-refractivity contribution in [1.29, 1.82) is 0 Å². The quantitative estimate of drug-likeness (QED) is 0.403. The van der Waals surface area contributed by atoms with E-state index in [4.69, 9.17) is 4.74 Å². The van der Waals surface area contributed by atoms with Crippen LogP contribution in [0.15, 0.2) is 95.9 Å². The number of nitrogens with one attached hydrogen (secondary N) is 1. The molecule has 0 aliphatic rings. The number of nitrogens with zero attached hydrogens (tertiary/aromatic N) is 1. The Morgan fingerprint density at radius 1 is 0.882 bits per heavy atom. The number of hydrogen-bond donors (Lipinski definition) is 1. The van der Waals surface area contributed by atoms with Gasteiger partial charge in [0, 0.05) is 6.54 Å². The minimum atomic E-state index is -4.02. The van der Waals surface area contributed by atoms with Gasteiger partial charge in [-0.25, -0.2) is 8.42 Å². The van der Waals surface area contributed by atoms with Crippen molar-refractivity contribution >= 4 is 32.4 Å². The van der Waals surface area contributed by atoms with Crippen LogP contribution in [0.1, 0.15) is 11.1 Å². The summed E-state index contributed by atoms with van der Waals surface area (Å²) in [5, 5.41) is 4.99. The second kappa shape index (κ2) is 9.97. The fraction of sp³-hybridized carbons (Fsp3) is 0.148. The summed E-state index contributed by atoms with van der Waals surface area (Å²) in [7, 11) is -2.56. The van der Waals surface area contributed by atoms with Crippen LogP contribution in [0.5, 0.6) is 5.75 Å². The van der Waals surface area contributed by atoms with E-state index in [9.17, 15) is 13.2 Å². The van der Waals surface area contributed by atoms with Gasteiger partial charge in [-0.3, -0.25) is 9.10 Å². The SMILES string of the molecule is COc1ccccc1N(CC(=O)NCc1cccc2ccccc12)S(=O)(=O)c1ccc(C)cc1. The van der Waals surface area contributed by atoms with E-state index in [1.54, 1.807) is 48.5 Å². The minimum Gasteiger partial charge on any atom is -0.495 e. The molecule has 0 saturated carbocycles. The highest BCUT2D eigenvalue weighted by Gasteiger charge is 2.29. The number of rotatable bonds is 8. The van der Waals surface area contributed by atoms with Crippen molar-refractivity contribution < 1.29 is 17.9 Å². The molecule has 0 bridgehead atoms. The van der Waals surface area contributed by atoms with Crippen LogP contribution in [0.2, 0.25) is 0 Å². The molecule has 4 rings (SSSR count). The Bertz CT molecular complexity index is 1410. The average molecular weight is 475 g/mol. The number of fused-ring (bicyclic) bond motifs is 1. The molecule has 7 heteroatoms. The fourth-order valence-electron chi connectivity index (χ4n) is 3.80. The van der Waals surface area contributed by atoms with E-state index in [-0.39, 0.29) is 18.0 Å². The van der Waals surface area contributed by atoms with E-state index in [1.807, 2.05) is 49.4 Å². The third-order valence-electron chi connectivity index (χ3n) is 5.61. The number of benzene rings is 4. The molecule has 0 atom stereocenters. The van der Waals surface area contributed by atoms with Crippen LogP contribution in [0.3, 0.4) is 0 Å². The second-order valence-corrected chi connectivity index (χ2v) is 9.77. The second-order valence-electron chi connectivity index (χ2n) is 7.91. The van der Waals surface area contributed by atoms with Gasteiger partial charge >= 0.3 is 0 Å². The summed E-state index contributed by atoms with van der Waals surface area (Å²) in [5.74, 6) is -0.0606. The molecular formula is C27H26N2O4S. The van der Waals surface area contributed by atoms with Crippen LogP contribution >= 0.6 is 0 Å². The van der Waals surface area contributed by atoms with E-state index in [0.717, 1.165) is 26.2 Å². The highest BCUT2D eigenvalue weighted by Crippen LogP contribution is 2.32. The number of hydrogen-bond acceptors (Lipinski definition) is 4. The minimum absolute atomic E-state index is 0.103. The molecule has 174 valence electrons. The highest BCUT2D eigenvalue weighted by atomic mass is 32.2. The lowest BCUT2D eigenvalue weighted by atomic mass is 10.0. The van der Waals surface area contributed by atoms with E-state index < -0.39 is 15.9 Å². The normalized spacial score (nSPS) is 11.2. The third kappa shape index (κ3) is 4.89. The van der Waals surface area contributed by atoms with Crippen molar-refractivity contribution in [3.05, 3.63) is 102 Å². The molecule has 0 aliphatic carbocycles. The molecule has 6 nitrogen and oxygen atoms in total. The van der Waals surface area contributed by atoms with Crippen LogP contribution in [-0.4, -0.2) is 28.0 Å². The van der Waals surface area contributed by atoms with Crippen LogP contribution in [0.4, 0.5) is 5.69 Å². The number of amides is 1. The van der Waals surface area contributed by atoms with E-state index >= 15 is 0 Å². The molecular weight excluding hydrogens is 448 g/mol. The predicted octanol–water partition coefficient (Wildman–Crippen LogP) is 4.67. The van der Waals surface area contributed by atoms with Crippen LogP contribution in [0.25, 0.3) is 10.8 Å². The van der Waals surface area contributed by atoms with Gasteiger partial charge < -0.3 is 10.1 Å². The van der Waals surface area contributed by atoms with Crippen molar-refractivity contribution in [1.82, 2.24) is 5.32 Å². The maximum absolute atomic E-state index is 13.6.